The molecule has 164 valence electrons. The molecule has 2 fully saturated rings. The Hall–Kier alpha value is -2.77. The second-order valence-electron chi connectivity index (χ2n) is 8.14. The van der Waals surface area contributed by atoms with Gasteiger partial charge in [-0.1, -0.05) is 36.4 Å². The fraction of sp³-hybridized carbons (Fsp3) is 0.458. The third-order valence-electron chi connectivity index (χ3n) is 6.09. The fourth-order valence-corrected chi connectivity index (χ4v) is 4.15. The number of hydrogen-bond donors (Lipinski definition) is 0. The SMILES string of the molecule is O=C(CCC(=O)N1CCN(CC(=O)N2CCOCC2)CC1)c1ccc2ccccc2c1. The minimum absolute atomic E-state index is 0.00570. The molecule has 0 spiro atoms. The van der Waals surface area contributed by atoms with Crippen molar-refractivity contribution in [3.8, 4) is 0 Å². The van der Waals surface area contributed by atoms with Gasteiger partial charge in [-0.2, -0.15) is 0 Å². The van der Waals surface area contributed by atoms with Gasteiger partial charge < -0.3 is 14.5 Å². The van der Waals surface area contributed by atoms with E-state index in [-0.39, 0.29) is 30.4 Å². The van der Waals surface area contributed by atoms with Gasteiger partial charge in [0.1, 0.15) is 0 Å². The van der Waals surface area contributed by atoms with E-state index in [1.165, 1.54) is 0 Å². The van der Waals surface area contributed by atoms with E-state index >= 15 is 0 Å². The number of Topliss-reactive ketones (excluding diaryl/α,β-unsaturated/α-hetero) is 1. The molecule has 2 aliphatic rings. The highest BCUT2D eigenvalue weighted by Crippen LogP contribution is 2.17. The van der Waals surface area contributed by atoms with Crippen molar-refractivity contribution in [3.05, 3.63) is 48.0 Å². The number of nitrogens with zero attached hydrogens (tertiary/aromatic N) is 3. The molecule has 7 nitrogen and oxygen atoms in total. The molecule has 0 unspecified atom stereocenters. The average molecular weight is 424 g/mol. The smallest absolute Gasteiger partial charge is 0.236 e. The third kappa shape index (κ3) is 5.48. The lowest BCUT2D eigenvalue weighted by atomic mass is 10.0. The molecule has 0 radical (unpaired) electrons. The average Bonchev–Trinajstić information content (AvgIpc) is 2.83. The zero-order valence-electron chi connectivity index (χ0n) is 17.8. The van der Waals surface area contributed by atoms with Gasteiger partial charge >= 0.3 is 0 Å². The summed E-state index contributed by atoms with van der Waals surface area (Å²) in [7, 11) is 0. The molecule has 0 aliphatic carbocycles. The Morgan fingerprint density at radius 1 is 0.742 bits per heavy atom. The molecule has 0 bridgehead atoms. The van der Waals surface area contributed by atoms with Crippen LogP contribution in [0.2, 0.25) is 0 Å². The van der Waals surface area contributed by atoms with Crippen LogP contribution in [0.25, 0.3) is 10.8 Å². The molecule has 2 aliphatic heterocycles. The van der Waals surface area contributed by atoms with Crippen LogP contribution in [0.1, 0.15) is 23.2 Å². The second kappa shape index (κ2) is 10.0. The standard InChI is InChI=1S/C24H29N3O4/c28-22(21-6-5-19-3-1-2-4-20(19)17-21)7-8-23(29)26-11-9-25(10-12-26)18-24(30)27-13-15-31-16-14-27/h1-6,17H,7-16,18H2. The summed E-state index contributed by atoms with van der Waals surface area (Å²) in [5.74, 6) is 0.131. The van der Waals surface area contributed by atoms with Crippen molar-refractivity contribution in [1.29, 1.82) is 0 Å². The first-order valence-electron chi connectivity index (χ1n) is 11.0. The highest BCUT2D eigenvalue weighted by atomic mass is 16.5. The van der Waals surface area contributed by atoms with E-state index in [1.54, 1.807) is 0 Å². The summed E-state index contributed by atoms with van der Waals surface area (Å²) in [6, 6.07) is 13.6. The van der Waals surface area contributed by atoms with Crippen molar-refractivity contribution in [1.82, 2.24) is 14.7 Å². The number of rotatable bonds is 6. The molecule has 2 amide bonds. The van der Waals surface area contributed by atoms with Crippen molar-refractivity contribution in [2.75, 3.05) is 59.0 Å². The Bertz CT molecular complexity index is 947. The number of amides is 2. The monoisotopic (exact) mass is 423 g/mol. The summed E-state index contributed by atoms with van der Waals surface area (Å²) in [6.07, 6.45) is 0.436. The number of benzene rings is 2. The van der Waals surface area contributed by atoms with E-state index in [1.807, 2.05) is 52.3 Å². The highest BCUT2D eigenvalue weighted by molar-refractivity contribution is 6.01. The van der Waals surface area contributed by atoms with E-state index < -0.39 is 0 Å². The van der Waals surface area contributed by atoms with Crippen LogP contribution in [-0.4, -0.2) is 91.3 Å². The van der Waals surface area contributed by atoms with Crippen molar-refractivity contribution >= 4 is 28.4 Å². The maximum absolute atomic E-state index is 12.6. The van der Waals surface area contributed by atoms with Gasteiger partial charge in [-0.15, -0.1) is 0 Å². The van der Waals surface area contributed by atoms with E-state index in [2.05, 4.69) is 4.90 Å². The predicted octanol–water partition coefficient (Wildman–Crippen LogP) is 1.81. The van der Waals surface area contributed by atoms with E-state index in [0.717, 1.165) is 10.8 Å². The Morgan fingerprint density at radius 2 is 1.42 bits per heavy atom. The topological polar surface area (TPSA) is 70.2 Å². The Morgan fingerprint density at radius 3 is 2.16 bits per heavy atom. The lowest BCUT2D eigenvalue weighted by Gasteiger charge is -2.36. The minimum Gasteiger partial charge on any atom is -0.378 e. The van der Waals surface area contributed by atoms with Gasteiger partial charge in [0.05, 0.1) is 19.8 Å². The molecule has 2 heterocycles. The van der Waals surface area contributed by atoms with Gasteiger partial charge in [0.25, 0.3) is 0 Å². The van der Waals surface area contributed by atoms with Crippen LogP contribution in [0, 0.1) is 0 Å². The quantitative estimate of drug-likeness (QED) is 0.663. The zero-order valence-corrected chi connectivity index (χ0v) is 17.8. The molecule has 2 aromatic carbocycles. The maximum atomic E-state index is 12.6. The number of carbonyl (C=O) groups excluding carboxylic acids is 3. The molecule has 2 aromatic rings. The number of morpholine rings is 1. The van der Waals surface area contributed by atoms with Crippen LogP contribution in [0.3, 0.4) is 0 Å². The second-order valence-corrected chi connectivity index (χ2v) is 8.14. The largest absolute Gasteiger partial charge is 0.378 e. The van der Waals surface area contributed by atoms with Gasteiger partial charge in [0.2, 0.25) is 11.8 Å². The first kappa shape index (κ1) is 21.5. The summed E-state index contributed by atoms with van der Waals surface area (Å²) >= 11 is 0. The van der Waals surface area contributed by atoms with Crippen molar-refractivity contribution in [2.24, 2.45) is 0 Å². The van der Waals surface area contributed by atoms with Crippen LogP contribution in [-0.2, 0) is 14.3 Å². The molecule has 0 saturated carbocycles. The van der Waals surface area contributed by atoms with E-state index in [0.29, 0.717) is 64.6 Å². The number of carbonyl (C=O) groups is 3. The molecule has 4 rings (SSSR count). The summed E-state index contributed by atoms with van der Waals surface area (Å²) < 4.78 is 5.29. The number of ketones is 1. The number of ether oxygens (including phenoxy) is 1. The maximum Gasteiger partial charge on any atom is 0.236 e. The van der Waals surface area contributed by atoms with Crippen molar-refractivity contribution < 1.29 is 19.1 Å². The molecule has 7 heteroatoms. The van der Waals surface area contributed by atoms with Crippen molar-refractivity contribution in [3.63, 3.8) is 0 Å². The predicted molar refractivity (Wildman–Crippen MR) is 118 cm³/mol. The van der Waals surface area contributed by atoms with Crippen LogP contribution in [0.4, 0.5) is 0 Å². The fourth-order valence-electron chi connectivity index (χ4n) is 4.15. The molecule has 0 N–H and O–H groups in total. The molecule has 0 aromatic heterocycles. The van der Waals surface area contributed by atoms with Gasteiger partial charge in [-0.25, -0.2) is 0 Å². The summed E-state index contributed by atoms with van der Waals surface area (Å²) in [5, 5.41) is 2.13. The molecule has 0 atom stereocenters. The summed E-state index contributed by atoms with van der Waals surface area (Å²) in [6.45, 7) is 5.46. The normalized spacial score (nSPS) is 17.7. The zero-order chi connectivity index (χ0) is 21.6. The Kier molecular flexibility index (Phi) is 6.94. The van der Waals surface area contributed by atoms with E-state index in [9.17, 15) is 14.4 Å². The van der Waals surface area contributed by atoms with Gasteiger partial charge in [-0.3, -0.25) is 19.3 Å². The lowest BCUT2D eigenvalue weighted by Crippen LogP contribution is -2.52. The third-order valence-corrected chi connectivity index (χ3v) is 6.09. The highest BCUT2D eigenvalue weighted by Gasteiger charge is 2.25. The summed E-state index contributed by atoms with van der Waals surface area (Å²) in [5.41, 5.74) is 0.651. The van der Waals surface area contributed by atoms with Crippen molar-refractivity contribution in [2.45, 2.75) is 12.8 Å². The molecule has 31 heavy (non-hydrogen) atoms. The Labute approximate surface area is 182 Å². The molecular weight excluding hydrogens is 394 g/mol. The van der Waals surface area contributed by atoms with Gasteiger partial charge in [0.15, 0.2) is 5.78 Å². The van der Waals surface area contributed by atoms with Crippen LogP contribution >= 0.6 is 0 Å². The minimum atomic E-state index is -0.00570. The van der Waals surface area contributed by atoms with Crippen LogP contribution < -0.4 is 0 Å². The first-order valence-corrected chi connectivity index (χ1v) is 11.0. The molecule has 2 saturated heterocycles. The van der Waals surface area contributed by atoms with Crippen LogP contribution in [0.5, 0.6) is 0 Å². The number of fused-ring (bicyclic) bond motifs is 1. The molecular formula is C24H29N3O4. The van der Waals surface area contributed by atoms with Crippen LogP contribution in [0.15, 0.2) is 42.5 Å². The Balaban J connectivity index is 1.21. The first-order chi connectivity index (χ1) is 15.1. The van der Waals surface area contributed by atoms with E-state index in [4.69, 9.17) is 4.74 Å². The summed E-state index contributed by atoms with van der Waals surface area (Å²) in [4.78, 5) is 43.3. The van der Waals surface area contributed by atoms with Gasteiger partial charge in [0, 0.05) is 57.7 Å². The lowest BCUT2D eigenvalue weighted by molar-refractivity contribution is -0.138. The number of piperazine rings is 1. The van der Waals surface area contributed by atoms with Gasteiger partial charge in [-0.05, 0) is 16.8 Å². The number of hydrogen-bond acceptors (Lipinski definition) is 5.